The SMILES string of the molecule is COC(=O)CCNC(=O)c1cccc(CC(C)C)c1. The van der Waals surface area contributed by atoms with Gasteiger partial charge in [-0.05, 0) is 30.0 Å². The summed E-state index contributed by atoms with van der Waals surface area (Å²) < 4.78 is 4.51. The Kier molecular flexibility index (Phi) is 6.06. The normalized spacial score (nSPS) is 10.3. The zero-order chi connectivity index (χ0) is 14.3. The smallest absolute Gasteiger partial charge is 0.307 e. The Morgan fingerprint density at radius 1 is 1.32 bits per heavy atom. The first-order valence-electron chi connectivity index (χ1n) is 6.47. The topological polar surface area (TPSA) is 55.4 Å². The Morgan fingerprint density at radius 2 is 2.05 bits per heavy atom. The van der Waals surface area contributed by atoms with Crippen molar-refractivity contribution in [1.82, 2.24) is 5.32 Å². The molecule has 19 heavy (non-hydrogen) atoms. The molecule has 0 aromatic heterocycles. The molecule has 0 atom stereocenters. The van der Waals surface area contributed by atoms with Gasteiger partial charge in [-0.15, -0.1) is 0 Å². The van der Waals surface area contributed by atoms with Crippen LogP contribution in [0.25, 0.3) is 0 Å². The number of benzene rings is 1. The second kappa shape index (κ2) is 7.56. The molecular weight excluding hydrogens is 242 g/mol. The van der Waals surface area contributed by atoms with Gasteiger partial charge in [0.1, 0.15) is 0 Å². The molecule has 0 saturated carbocycles. The zero-order valence-electron chi connectivity index (χ0n) is 11.7. The van der Waals surface area contributed by atoms with E-state index in [2.05, 4.69) is 23.9 Å². The van der Waals surface area contributed by atoms with Crippen LogP contribution < -0.4 is 5.32 Å². The average molecular weight is 263 g/mol. The van der Waals surface area contributed by atoms with Crippen molar-refractivity contribution < 1.29 is 14.3 Å². The summed E-state index contributed by atoms with van der Waals surface area (Å²) in [5, 5.41) is 2.70. The Balaban J connectivity index is 2.54. The molecule has 0 fully saturated rings. The highest BCUT2D eigenvalue weighted by atomic mass is 16.5. The van der Waals surface area contributed by atoms with Crippen molar-refractivity contribution in [3.8, 4) is 0 Å². The van der Waals surface area contributed by atoms with Gasteiger partial charge in [-0.1, -0.05) is 26.0 Å². The third-order valence-corrected chi connectivity index (χ3v) is 2.68. The maximum absolute atomic E-state index is 11.9. The molecule has 0 heterocycles. The van der Waals surface area contributed by atoms with E-state index in [0.29, 0.717) is 18.0 Å². The summed E-state index contributed by atoms with van der Waals surface area (Å²) in [5.41, 5.74) is 1.78. The van der Waals surface area contributed by atoms with Crippen LogP contribution in [0.3, 0.4) is 0 Å². The van der Waals surface area contributed by atoms with E-state index >= 15 is 0 Å². The number of hydrogen-bond acceptors (Lipinski definition) is 3. The van der Waals surface area contributed by atoms with E-state index in [1.165, 1.54) is 7.11 Å². The van der Waals surface area contributed by atoms with E-state index in [9.17, 15) is 9.59 Å². The van der Waals surface area contributed by atoms with Crippen LogP contribution in [-0.4, -0.2) is 25.5 Å². The average Bonchev–Trinajstić information content (AvgIpc) is 2.37. The Labute approximate surface area is 114 Å². The fourth-order valence-corrected chi connectivity index (χ4v) is 1.79. The Hall–Kier alpha value is -1.84. The molecule has 0 radical (unpaired) electrons. The second-order valence-electron chi connectivity index (χ2n) is 4.88. The minimum Gasteiger partial charge on any atom is -0.469 e. The molecule has 0 bridgehead atoms. The summed E-state index contributed by atoms with van der Waals surface area (Å²) in [6.07, 6.45) is 1.14. The summed E-state index contributed by atoms with van der Waals surface area (Å²) >= 11 is 0. The number of amides is 1. The van der Waals surface area contributed by atoms with Crippen molar-refractivity contribution in [1.29, 1.82) is 0 Å². The van der Waals surface area contributed by atoms with Crippen LogP contribution in [0.2, 0.25) is 0 Å². The van der Waals surface area contributed by atoms with Crippen LogP contribution in [0.4, 0.5) is 0 Å². The van der Waals surface area contributed by atoms with Crippen molar-refractivity contribution >= 4 is 11.9 Å². The predicted octanol–water partition coefficient (Wildman–Crippen LogP) is 2.18. The number of ether oxygens (including phenoxy) is 1. The first-order valence-corrected chi connectivity index (χ1v) is 6.47. The van der Waals surface area contributed by atoms with Crippen molar-refractivity contribution in [3.05, 3.63) is 35.4 Å². The summed E-state index contributed by atoms with van der Waals surface area (Å²) in [5.74, 6) is 0.0704. The molecule has 1 rings (SSSR count). The van der Waals surface area contributed by atoms with Crippen molar-refractivity contribution in [2.75, 3.05) is 13.7 Å². The fourth-order valence-electron chi connectivity index (χ4n) is 1.79. The van der Waals surface area contributed by atoms with E-state index in [-0.39, 0.29) is 18.3 Å². The highest BCUT2D eigenvalue weighted by Gasteiger charge is 2.07. The van der Waals surface area contributed by atoms with Crippen molar-refractivity contribution in [2.24, 2.45) is 5.92 Å². The first-order chi connectivity index (χ1) is 9.02. The summed E-state index contributed by atoms with van der Waals surface area (Å²) in [4.78, 5) is 22.8. The third kappa shape index (κ3) is 5.55. The molecule has 104 valence electrons. The lowest BCUT2D eigenvalue weighted by Crippen LogP contribution is -2.26. The summed E-state index contributed by atoms with van der Waals surface area (Å²) in [6, 6.07) is 7.57. The van der Waals surface area contributed by atoms with Crippen LogP contribution in [0.15, 0.2) is 24.3 Å². The Morgan fingerprint density at radius 3 is 2.68 bits per heavy atom. The van der Waals surface area contributed by atoms with E-state index in [4.69, 9.17) is 0 Å². The molecule has 0 aliphatic heterocycles. The summed E-state index contributed by atoms with van der Waals surface area (Å²) in [7, 11) is 1.33. The van der Waals surface area contributed by atoms with E-state index in [1.807, 2.05) is 18.2 Å². The van der Waals surface area contributed by atoms with Gasteiger partial charge in [0.05, 0.1) is 13.5 Å². The number of esters is 1. The van der Waals surface area contributed by atoms with Gasteiger partial charge >= 0.3 is 5.97 Å². The first kappa shape index (κ1) is 15.2. The standard InChI is InChI=1S/C15H21NO3/c1-11(2)9-12-5-4-6-13(10-12)15(18)16-8-7-14(17)19-3/h4-6,10-11H,7-9H2,1-3H3,(H,16,18). The summed E-state index contributed by atoms with van der Waals surface area (Å²) in [6.45, 7) is 4.58. The molecule has 0 saturated heterocycles. The molecule has 1 aromatic carbocycles. The van der Waals surface area contributed by atoms with Crippen LogP contribution in [0, 0.1) is 5.92 Å². The van der Waals surface area contributed by atoms with Gasteiger partial charge in [-0.2, -0.15) is 0 Å². The maximum atomic E-state index is 11.9. The van der Waals surface area contributed by atoms with Crippen LogP contribution in [0.1, 0.15) is 36.2 Å². The van der Waals surface area contributed by atoms with Gasteiger partial charge in [0, 0.05) is 12.1 Å². The van der Waals surface area contributed by atoms with Gasteiger partial charge in [-0.25, -0.2) is 0 Å². The minimum absolute atomic E-state index is 0.158. The van der Waals surface area contributed by atoms with Crippen LogP contribution >= 0.6 is 0 Å². The fraction of sp³-hybridized carbons (Fsp3) is 0.467. The molecule has 0 aliphatic carbocycles. The number of carbonyl (C=O) groups excluding carboxylic acids is 2. The van der Waals surface area contributed by atoms with Gasteiger partial charge in [0.15, 0.2) is 0 Å². The van der Waals surface area contributed by atoms with Crippen LogP contribution in [0.5, 0.6) is 0 Å². The second-order valence-corrected chi connectivity index (χ2v) is 4.88. The molecule has 0 unspecified atom stereocenters. The molecule has 0 spiro atoms. The maximum Gasteiger partial charge on any atom is 0.307 e. The number of nitrogens with one attached hydrogen (secondary N) is 1. The molecule has 1 aromatic rings. The van der Waals surface area contributed by atoms with Crippen LogP contribution in [-0.2, 0) is 16.0 Å². The lowest BCUT2D eigenvalue weighted by atomic mass is 10.0. The van der Waals surface area contributed by atoms with E-state index in [1.54, 1.807) is 6.07 Å². The molecule has 0 aliphatic rings. The van der Waals surface area contributed by atoms with Gasteiger partial charge in [0.2, 0.25) is 0 Å². The lowest BCUT2D eigenvalue weighted by Gasteiger charge is -2.08. The third-order valence-electron chi connectivity index (χ3n) is 2.68. The van der Waals surface area contributed by atoms with E-state index < -0.39 is 0 Å². The molecule has 1 amide bonds. The largest absolute Gasteiger partial charge is 0.469 e. The van der Waals surface area contributed by atoms with Crippen molar-refractivity contribution in [2.45, 2.75) is 26.7 Å². The monoisotopic (exact) mass is 263 g/mol. The van der Waals surface area contributed by atoms with Crippen molar-refractivity contribution in [3.63, 3.8) is 0 Å². The highest BCUT2D eigenvalue weighted by molar-refractivity contribution is 5.94. The Bertz CT molecular complexity index is 441. The number of carbonyl (C=O) groups is 2. The highest BCUT2D eigenvalue weighted by Crippen LogP contribution is 2.10. The molecule has 1 N–H and O–H groups in total. The molecule has 4 heteroatoms. The number of rotatable bonds is 6. The molecule has 4 nitrogen and oxygen atoms in total. The van der Waals surface area contributed by atoms with E-state index in [0.717, 1.165) is 12.0 Å². The minimum atomic E-state index is -0.325. The number of methoxy groups -OCH3 is 1. The molecular formula is C15H21NO3. The van der Waals surface area contributed by atoms with Gasteiger partial charge in [-0.3, -0.25) is 9.59 Å². The van der Waals surface area contributed by atoms with Gasteiger partial charge in [0.25, 0.3) is 5.91 Å². The lowest BCUT2D eigenvalue weighted by molar-refractivity contribution is -0.140. The zero-order valence-corrected chi connectivity index (χ0v) is 11.7. The number of hydrogen-bond donors (Lipinski definition) is 1. The predicted molar refractivity (Wildman–Crippen MR) is 74.0 cm³/mol. The van der Waals surface area contributed by atoms with Gasteiger partial charge < -0.3 is 10.1 Å². The quantitative estimate of drug-likeness (QED) is 0.800.